The second-order valence-electron chi connectivity index (χ2n) is 5.20. The van der Waals surface area contributed by atoms with Crippen LogP contribution in [0.25, 0.3) is 0 Å². The van der Waals surface area contributed by atoms with Crippen LogP contribution in [-0.2, 0) is 4.79 Å². The number of aliphatic carboxylic acids is 1. The number of carboxylic acids is 1. The molecule has 0 heterocycles. The van der Waals surface area contributed by atoms with Crippen LogP contribution in [0.1, 0.15) is 47.5 Å². The number of rotatable bonds is 8. The Morgan fingerprint density at radius 2 is 1.75 bits per heavy atom. The minimum absolute atomic E-state index is 0.634. The highest BCUT2D eigenvalue weighted by molar-refractivity contribution is 5.73. The summed E-state index contributed by atoms with van der Waals surface area (Å²) in [5.74, 6) is -0.0277. The van der Waals surface area contributed by atoms with Crippen LogP contribution >= 0.6 is 0 Å². The first-order valence-corrected chi connectivity index (χ1v) is 6.33. The standard InChI is InChI=1S/C13H27NO2/c1-6-11(7-2)9-14(8-3)10-13(4,5)12(15)16/h11H,6-10H2,1-5H3,(H,15,16). The summed E-state index contributed by atoms with van der Waals surface area (Å²) in [5, 5.41) is 9.11. The van der Waals surface area contributed by atoms with Crippen LogP contribution in [0.2, 0.25) is 0 Å². The highest BCUT2D eigenvalue weighted by Gasteiger charge is 2.29. The smallest absolute Gasteiger partial charge is 0.310 e. The van der Waals surface area contributed by atoms with E-state index in [1.54, 1.807) is 13.8 Å². The van der Waals surface area contributed by atoms with Crippen LogP contribution in [0, 0.1) is 11.3 Å². The topological polar surface area (TPSA) is 40.5 Å². The molecule has 16 heavy (non-hydrogen) atoms. The molecule has 0 atom stereocenters. The number of hydrogen-bond acceptors (Lipinski definition) is 2. The number of nitrogens with zero attached hydrogens (tertiary/aromatic N) is 1. The molecule has 0 radical (unpaired) electrons. The van der Waals surface area contributed by atoms with Gasteiger partial charge in [0.1, 0.15) is 0 Å². The van der Waals surface area contributed by atoms with Gasteiger partial charge in [-0.05, 0) is 26.3 Å². The van der Waals surface area contributed by atoms with Gasteiger partial charge in [0.25, 0.3) is 0 Å². The van der Waals surface area contributed by atoms with Crippen molar-refractivity contribution in [1.29, 1.82) is 0 Å². The first kappa shape index (κ1) is 15.4. The molecule has 0 amide bonds. The van der Waals surface area contributed by atoms with Crippen LogP contribution < -0.4 is 0 Å². The summed E-state index contributed by atoms with van der Waals surface area (Å²) in [6, 6.07) is 0. The molecule has 0 rings (SSSR count). The minimum Gasteiger partial charge on any atom is -0.481 e. The van der Waals surface area contributed by atoms with E-state index in [1.165, 1.54) is 12.8 Å². The van der Waals surface area contributed by atoms with E-state index in [2.05, 4.69) is 25.7 Å². The van der Waals surface area contributed by atoms with Gasteiger partial charge in [0.2, 0.25) is 0 Å². The average Bonchev–Trinajstić information content (AvgIpc) is 2.23. The van der Waals surface area contributed by atoms with Crippen molar-refractivity contribution in [2.24, 2.45) is 11.3 Å². The molecule has 0 fully saturated rings. The molecule has 0 aliphatic carbocycles. The molecular weight excluding hydrogens is 202 g/mol. The quantitative estimate of drug-likeness (QED) is 0.695. The third-order valence-corrected chi connectivity index (χ3v) is 3.32. The average molecular weight is 229 g/mol. The van der Waals surface area contributed by atoms with Crippen molar-refractivity contribution in [1.82, 2.24) is 4.90 Å². The third-order valence-electron chi connectivity index (χ3n) is 3.32. The van der Waals surface area contributed by atoms with E-state index < -0.39 is 11.4 Å². The van der Waals surface area contributed by atoms with Crippen molar-refractivity contribution >= 4 is 5.97 Å². The summed E-state index contributed by atoms with van der Waals surface area (Å²) in [4.78, 5) is 13.3. The first-order valence-electron chi connectivity index (χ1n) is 6.33. The van der Waals surface area contributed by atoms with Crippen molar-refractivity contribution in [3.8, 4) is 0 Å². The van der Waals surface area contributed by atoms with Crippen molar-refractivity contribution in [3.05, 3.63) is 0 Å². The maximum atomic E-state index is 11.1. The third kappa shape index (κ3) is 4.97. The van der Waals surface area contributed by atoms with Crippen molar-refractivity contribution in [2.75, 3.05) is 19.6 Å². The molecular formula is C13H27NO2. The molecule has 96 valence electrons. The highest BCUT2D eigenvalue weighted by Crippen LogP contribution is 2.19. The van der Waals surface area contributed by atoms with Crippen LogP contribution in [0.5, 0.6) is 0 Å². The Bertz CT molecular complexity index is 210. The molecule has 0 aromatic heterocycles. The van der Waals surface area contributed by atoms with Crippen LogP contribution in [0.4, 0.5) is 0 Å². The van der Waals surface area contributed by atoms with Gasteiger partial charge < -0.3 is 10.0 Å². The maximum Gasteiger partial charge on any atom is 0.310 e. The Labute approximate surface area is 99.8 Å². The van der Waals surface area contributed by atoms with Gasteiger partial charge in [-0.1, -0.05) is 33.6 Å². The first-order chi connectivity index (χ1) is 7.37. The Morgan fingerprint density at radius 3 is 2.06 bits per heavy atom. The van der Waals surface area contributed by atoms with Gasteiger partial charge in [0, 0.05) is 13.1 Å². The molecule has 3 nitrogen and oxygen atoms in total. The summed E-state index contributed by atoms with van der Waals surface area (Å²) in [7, 11) is 0. The van der Waals surface area contributed by atoms with Gasteiger partial charge in [0.05, 0.1) is 5.41 Å². The van der Waals surface area contributed by atoms with Gasteiger partial charge in [-0.3, -0.25) is 4.79 Å². The van der Waals surface area contributed by atoms with E-state index >= 15 is 0 Å². The molecule has 0 saturated heterocycles. The van der Waals surface area contributed by atoms with Gasteiger partial charge >= 0.3 is 5.97 Å². The molecule has 3 heteroatoms. The van der Waals surface area contributed by atoms with Crippen LogP contribution in [-0.4, -0.2) is 35.6 Å². The zero-order valence-corrected chi connectivity index (χ0v) is 11.4. The number of carboxylic acid groups (broad SMARTS) is 1. The summed E-state index contributed by atoms with van der Waals surface area (Å²) in [6.45, 7) is 12.7. The van der Waals surface area contributed by atoms with Gasteiger partial charge in [-0.15, -0.1) is 0 Å². The predicted molar refractivity (Wildman–Crippen MR) is 67.6 cm³/mol. The van der Waals surface area contributed by atoms with Crippen LogP contribution in [0.3, 0.4) is 0 Å². The SMILES string of the molecule is CCC(CC)CN(CC)CC(C)(C)C(=O)O. The van der Waals surface area contributed by atoms with Crippen molar-refractivity contribution in [3.63, 3.8) is 0 Å². The predicted octanol–water partition coefficient (Wildman–Crippen LogP) is 2.86. The lowest BCUT2D eigenvalue weighted by atomic mass is 9.92. The lowest BCUT2D eigenvalue weighted by Gasteiger charge is -2.31. The fraction of sp³-hybridized carbons (Fsp3) is 0.923. The zero-order chi connectivity index (χ0) is 12.8. The second kappa shape index (κ2) is 6.89. The molecule has 0 spiro atoms. The number of hydrogen-bond donors (Lipinski definition) is 1. The Hall–Kier alpha value is -0.570. The Balaban J connectivity index is 4.35. The van der Waals surface area contributed by atoms with Gasteiger partial charge in [-0.25, -0.2) is 0 Å². The van der Waals surface area contributed by atoms with Crippen molar-refractivity contribution in [2.45, 2.75) is 47.5 Å². The Kier molecular flexibility index (Phi) is 6.65. The van der Waals surface area contributed by atoms with E-state index in [0.717, 1.165) is 13.1 Å². The molecule has 0 bridgehead atoms. The van der Waals surface area contributed by atoms with Crippen molar-refractivity contribution < 1.29 is 9.90 Å². The Morgan fingerprint density at radius 1 is 1.25 bits per heavy atom. The summed E-state index contributed by atoms with van der Waals surface area (Å²) in [5.41, 5.74) is -0.651. The summed E-state index contributed by atoms with van der Waals surface area (Å²) < 4.78 is 0. The zero-order valence-electron chi connectivity index (χ0n) is 11.4. The number of carbonyl (C=O) groups is 1. The molecule has 0 aliphatic rings. The largest absolute Gasteiger partial charge is 0.481 e. The maximum absolute atomic E-state index is 11.1. The van der Waals surface area contributed by atoms with E-state index in [1.807, 2.05) is 0 Å². The monoisotopic (exact) mass is 229 g/mol. The van der Waals surface area contributed by atoms with Crippen LogP contribution in [0.15, 0.2) is 0 Å². The van der Waals surface area contributed by atoms with Gasteiger partial charge in [-0.2, -0.15) is 0 Å². The summed E-state index contributed by atoms with van der Waals surface area (Å²) in [6.07, 6.45) is 2.33. The summed E-state index contributed by atoms with van der Waals surface area (Å²) >= 11 is 0. The van der Waals surface area contributed by atoms with E-state index in [0.29, 0.717) is 12.5 Å². The minimum atomic E-state index is -0.713. The highest BCUT2D eigenvalue weighted by atomic mass is 16.4. The molecule has 0 aromatic rings. The van der Waals surface area contributed by atoms with E-state index in [4.69, 9.17) is 5.11 Å². The van der Waals surface area contributed by atoms with E-state index in [-0.39, 0.29) is 0 Å². The molecule has 0 aromatic carbocycles. The molecule has 1 N–H and O–H groups in total. The molecule has 0 saturated carbocycles. The van der Waals surface area contributed by atoms with Gasteiger partial charge in [0.15, 0.2) is 0 Å². The van der Waals surface area contributed by atoms with E-state index in [9.17, 15) is 4.79 Å². The molecule has 0 aliphatic heterocycles. The fourth-order valence-electron chi connectivity index (χ4n) is 1.84. The fourth-order valence-corrected chi connectivity index (χ4v) is 1.84. The molecule has 0 unspecified atom stereocenters. The lowest BCUT2D eigenvalue weighted by molar-refractivity contribution is -0.148. The normalized spacial score (nSPS) is 12.4. The second-order valence-corrected chi connectivity index (χ2v) is 5.20. The lowest BCUT2D eigenvalue weighted by Crippen LogP contribution is -2.41.